The lowest BCUT2D eigenvalue weighted by molar-refractivity contribution is -0.140. The minimum absolute atomic E-state index is 0.0491. The molecule has 6 heteroatoms. The van der Waals surface area contributed by atoms with E-state index in [1.807, 2.05) is 31.2 Å². The molecule has 0 radical (unpaired) electrons. The van der Waals surface area contributed by atoms with Gasteiger partial charge in [0.15, 0.2) is 5.69 Å². The third-order valence-corrected chi connectivity index (χ3v) is 3.97. The van der Waals surface area contributed by atoms with E-state index in [-0.39, 0.29) is 11.1 Å². The number of alkyl halides is 3. The number of fused-ring (bicyclic) bond motifs is 1. The first-order valence-electron chi connectivity index (χ1n) is 7.66. The Labute approximate surface area is 141 Å². The first kappa shape index (κ1) is 15.5. The molecule has 0 saturated heterocycles. The van der Waals surface area contributed by atoms with E-state index in [0.717, 1.165) is 11.1 Å². The maximum absolute atomic E-state index is 13.4. The number of rotatable bonds is 2. The number of hydrogen-bond donors (Lipinski definition) is 0. The molecule has 4 aromatic rings. The van der Waals surface area contributed by atoms with Crippen LogP contribution in [0.4, 0.5) is 13.2 Å². The van der Waals surface area contributed by atoms with Crippen molar-refractivity contribution >= 4 is 11.1 Å². The van der Waals surface area contributed by atoms with Crippen molar-refractivity contribution < 1.29 is 17.6 Å². The van der Waals surface area contributed by atoms with E-state index < -0.39 is 11.9 Å². The van der Waals surface area contributed by atoms with Gasteiger partial charge in [-0.3, -0.25) is 0 Å². The fourth-order valence-corrected chi connectivity index (χ4v) is 2.72. The molecule has 3 nitrogen and oxygen atoms in total. The van der Waals surface area contributed by atoms with Crippen LogP contribution in [-0.4, -0.2) is 9.78 Å². The number of para-hydroxylation sites is 1. The van der Waals surface area contributed by atoms with Gasteiger partial charge in [0.05, 0.1) is 11.1 Å². The maximum atomic E-state index is 13.4. The molecule has 0 aliphatic rings. The lowest BCUT2D eigenvalue weighted by Gasteiger charge is -2.03. The number of furan rings is 1. The normalized spacial score (nSPS) is 12.0. The molecule has 0 aliphatic heterocycles. The number of aryl methyl sites for hydroxylation is 1. The Morgan fingerprint density at radius 2 is 1.64 bits per heavy atom. The molecule has 0 saturated carbocycles. The summed E-state index contributed by atoms with van der Waals surface area (Å²) in [5.41, 5.74) is 1.41. The first-order chi connectivity index (χ1) is 11.9. The molecule has 2 aromatic carbocycles. The number of hydrogen-bond acceptors (Lipinski definition) is 2. The molecule has 0 spiro atoms. The van der Waals surface area contributed by atoms with Crippen LogP contribution in [0.25, 0.3) is 28.1 Å². The highest BCUT2D eigenvalue weighted by Gasteiger charge is 2.38. The third kappa shape index (κ3) is 2.69. The fourth-order valence-electron chi connectivity index (χ4n) is 2.72. The lowest BCUT2D eigenvalue weighted by atomic mass is 10.1. The van der Waals surface area contributed by atoms with Crippen molar-refractivity contribution in [3.63, 3.8) is 0 Å². The molecule has 2 heterocycles. The molecule has 0 atom stereocenters. The van der Waals surface area contributed by atoms with Gasteiger partial charge in [0, 0.05) is 5.56 Å². The number of halogens is 3. The van der Waals surface area contributed by atoms with Crippen molar-refractivity contribution in [2.24, 2.45) is 0 Å². The number of aromatic nitrogens is 2. The summed E-state index contributed by atoms with van der Waals surface area (Å²) in [6, 6.07) is 17.4. The average molecular weight is 342 g/mol. The second kappa shape index (κ2) is 5.51. The van der Waals surface area contributed by atoms with Crippen molar-refractivity contribution in [1.29, 1.82) is 0 Å². The molecule has 126 valence electrons. The quantitative estimate of drug-likeness (QED) is 0.474. The van der Waals surface area contributed by atoms with Crippen molar-refractivity contribution in [2.45, 2.75) is 13.1 Å². The Bertz CT molecular complexity index is 1030. The van der Waals surface area contributed by atoms with Gasteiger partial charge in [-0.1, -0.05) is 48.0 Å². The molecule has 4 rings (SSSR count). The van der Waals surface area contributed by atoms with E-state index in [1.54, 1.807) is 30.3 Å². The van der Waals surface area contributed by atoms with Crippen molar-refractivity contribution in [2.75, 3.05) is 0 Å². The Morgan fingerprint density at radius 3 is 2.28 bits per heavy atom. The average Bonchev–Trinajstić information content (AvgIpc) is 3.14. The highest BCUT2D eigenvalue weighted by molar-refractivity contribution is 5.84. The SMILES string of the molecule is Cc1ccc(-c2cc3c(C(F)(F)F)nn(-c4ccccc4)c3o2)cc1. The van der Waals surface area contributed by atoms with Crippen molar-refractivity contribution in [3.05, 3.63) is 71.9 Å². The smallest absolute Gasteiger partial charge is 0.435 e. The van der Waals surface area contributed by atoms with Gasteiger partial charge in [-0.2, -0.15) is 23.0 Å². The Balaban J connectivity index is 1.96. The summed E-state index contributed by atoms with van der Waals surface area (Å²) in [5.74, 6) is 0.377. The van der Waals surface area contributed by atoms with Gasteiger partial charge in [-0.15, -0.1) is 0 Å². The second-order valence-electron chi connectivity index (χ2n) is 5.79. The molecule has 0 aliphatic carbocycles. The molecular weight excluding hydrogens is 329 g/mol. The van der Waals surface area contributed by atoms with Crippen LogP contribution in [0.1, 0.15) is 11.3 Å². The molecule has 0 amide bonds. The van der Waals surface area contributed by atoms with Crippen molar-refractivity contribution in [3.8, 4) is 17.0 Å². The lowest BCUT2D eigenvalue weighted by Crippen LogP contribution is -2.07. The van der Waals surface area contributed by atoms with Gasteiger partial charge in [0.2, 0.25) is 5.71 Å². The van der Waals surface area contributed by atoms with Gasteiger partial charge in [-0.25, -0.2) is 0 Å². The largest absolute Gasteiger partial charge is 0.438 e. The summed E-state index contributed by atoms with van der Waals surface area (Å²) >= 11 is 0. The molecule has 2 aromatic heterocycles. The Kier molecular flexibility index (Phi) is 3.42. The monoisotopic (exact) mass is 342 g/mol. The van der Waals surface area contributed by atoms with Crippen molar-refractivity contribution in [1.82, 2.24) is 9.78 Å². The molecule has 0 fully saturated rings. The Hall–Kier alpha value is -3.02. The van der Waals surface area contributed by atoms with E-state index >= 15 is 0 Å². The zero-order valence-corrected chi connectivity index (χ0v) is 13.2. The highest BCUT2D eigenvalue weighted by Crippen LogP contribution is 2.38. The summed E-state index contributed by atoms with van der Waals surface area (Å²) in [6.07, 6.45) is -4.56. The predicted octanol–water partition coefficient (Wildman–Crippen LogP) is 5.61. The minimum atomic E-state index is -4.56. The summed E-state index contributed by atoms with van der Waals surface area (Å²) < 4.78 is 47.1. The van der Waals surface area contributed by atoms with E-state index in [9.17, 15) is 13.2 Å². The number of nitrogens with zero attached hydrogens (tertiary/aromatic N) is 2. The first-order valence-corrected chi connectivity index (χ1v) is 7.66. The maximum Gasteiger partial charge on any atom is 0.435 e. The van der Waals surface area contributed by atoms with Gasteiger partial charge in [0.1, 0.15) is 5.76 Å². The van der Waals surface area contributed by atoms with Gasteiger partial charge in [-0.05, 0) is 25.1 Å². The standard InChI is InChI=1S/C19H13F3N2O/c1-12-7-9-13(10-8-12)16-11-15-17(19(20,21)22)23-24(18(15)25-16)14-5-3-2-4-6-14/h2-11H,1H3. The van der Waals surface area contributed by atoms with Crippen LogP contribution < -0.4 is 0 Å². The van der Waals surface area contributed by atoms with E-state index in [2.05, 4.69) is 5.10 Å². The van der Waals surface area contributed by atoms with E-state index in [4.69, 9.17) is 4.42 Å². The third-order valence-electron chi connectivity index (χ3n) is 3.97. The van der Waals surface area contributed by atoms with Crippen LogP contribution in [0.2, 0.25) is 0 Å². The second-order valence-corrected chi connectivity index (χ2v) is 5.79. The van der Waals surface area contributed by atoms with Crippen LogP contribution in [0.3, 0.4) is 0 Å². The van der Waals surface area contributed by atoms with Crippen LogP contribution in [0.5, 0.6) is 0 Å². The molecule has 25 heavy (non-hydrogen) atoms. The summed E-state index contributed by atoms with van der Waals surface area (Å²) in [7, 11) is 0. The van der Waals surface area contributed by atoms with Crippen LogP contribution in [0, 0.1) is 6.92 Å². The molecular formula is C19H13F3N2O. The fraction of sp³-hybridized carbons (Fsp3) is 0.105. The predicted molar refractivity (Wildman–Crippen MR) is 88.5 cm³/mol. The summed E-state index contributed by atoms with van der Waals surface area (Å²) in [6.45, 7) is 1.94. The zero-order valence-electron chi connectivity index (χ0n) is 13.2. The van der Waals surface area contributed by atoms with Gasteiger partial charge >= 0.3 is 6.18 Å². The summed E-state index contributed by atoms with van der Waals surface area (Å²) in [5, 5.41) is 3.69. The van der Waals surface area contributed by atoms with E-state index in [1.165, 1.54) is 10.7 Å². The topological polar surface area (TPSA) is 31.0 Å². The molecule has 0 bridgehead atoms. The summed E-state index contributed by atoms with van der Waals surface area (Å²) in [4.78, 5) is 0. The Morgan fingerprint density at radius 1 is 0.960 bits per heavy atom. The van der Waals surface area contributed by atoms with Crippen LogP contribution >= 0.6 is 0 Å². The van der Waals surface area contributed by atoms with Crippen LogP contribution in [0.15, 0.2) is 65.1 Å². The minimum Gasteiger partial charge on any atom is -0.438 e. The zero-order chi connectivity index (χ0) is 17.6. The number of benzene rings is 2. The highest BCUT2D eigenvalue weighted by atomic mass is 19.4. The molecule has 0 N–H and O–H groups in total. The van der Waals surface area contributed by atoms with Crippen LogP contribution in [-0.2, 0) is 6.18 Å². The van der Waals surface area contributed by atoms with Gasteiger partial charge in [0.25, 0.3) is 0 Å². The van der Waals surface area contributed by atoms with E-state index in [0.29, 0.717) is 11.4 Å². The van der Waals surface area contributed by atoms with Gasteiger partial charge < -0.3 is 4.42 Å². The molecule has 0 unspecified atom stereocenters.